The fourth-order valence-electron chi connectivity index (χ4n) is 2.71. The summed E-state index contributed by atoms with van der Waals surface area (Å²) in [4.78, 5) is 28.5. The van der Waals surface area contributed by atoms with E-state index in [0.717, 1.165) is 5.56 Å². The highest BCUT2D eigenvalue weighted by Crippen LogP contribution is 2.25. The molecule has 10 heteroatoms. The Labute approximate surface area is 192 Å². The number of esters is 1. The van der Waals surface area contributed by atoms with Crippen LogP contribution in [0.2, 0.25) is 0 Å². The predicted octanol–water partition coefficient (Wildman–Crippen LogP) is 3.43. The molecule has 1 heterocycles. The largest absolute Gasteiger partial charge is 0.598 e. The molecule has 1 aromatic carbocycles. The summed E-state index contributed by atoms with van der Waals surface area (Å²) < 4.78 is 34.9. The van der Waals surface area contributed by atoms with E-state index in [1.165, 1.54) is 23.0 Å². The number of carbonyl (C=O) groups is 1. The van der Waals surface area contributed by atoms with Crippen LogP contribution in [0.3, 0.4) is 0 Å². The highest BCUT2D eigenvalue weighted by molar-refractivity contribution is 9.10. The Morgan fingerprint density at radius 2 is 2.00 bits per heavy atom. The number of aryl methyl sites for hydroxylation is 1. The first-order valence-corrected chi connectivity index (χ1v) is 11.8. The van der Waals surface area contributed by atoms with E-state index in [-0.39, 0.29) is 35.0 Å². The molecule has 0 aliphatic rings. The second-order valence-corrected chi connectivity index (χ2v) is 10.7. The number of nitrogens with one attached hydrogen (secondary N) is 1. The number of nitrogens with zero attached hydrogens (tertiary/aromatic N) is 2. The molecule has 0 unspecified atom stereocenters. The third-order valence-corrected chi connectivity index (χ3v) is 6.82. The minimum Gasteiger partial charge on any atom is -0.598 e. The van der Waals surface area contributed by atoms with Crippen LogP contribution in [0.25, 0.3) is 0 Å². The highest BCUT2D eigenvalue weighted by atomic mass is 79.9. The van der Waals surface area contributed by atoms with Crippen molar-refractivity contribution in [3.05, 3.63) is 62.5 Å². The lowest BCUT2D eigenvalue weighted by Crippen LogP contribution is -2.41. The van der Waals surface area contributed by atoms with Crippen molar-refractivity contribution in [1.82, 2.24) is 14.3 Å². The van der Waals surface area contributed by atoms with Crippen molar-refractivity contribution >= 4 is 33.3 Å². The monoisotopic (exact) mass is 515 g/mol. The molecule has 31 heavy (non-hydrogen) atoms. The first-order valence-electron chi connectivity index (χ1n) is 9.85. The van der Waals surface area contributed by atoms with Crippen molar-refractivity contribution in [1.29, 1.82) is 0 Å². The molecule has 0 radical (unpaired) electrons. The van der Waals surface area contributed by atoms with Gasteiger partial charge >= 0.3 is 5.97 Å². The molecule has 0 saturated heterocycles. The van der Waals surface area contributed by atoms with Crippen molar-refractivity contribution in [3.8, 4) is 0 Å². The van der Waals surface area contributed by atoms with Crippen LogP contribution in [0, 0.1) is 5.82 Å². The second kappa shape index (κ2) is 11.2. The summed E-state index contributed by atoms with van der Waals surface area (Å²) in [5.41, 5.74) is 0.911. The quantitative estimate of drug-likeness (QED) is 0.405. The van der Waals surface area contributed by atoms with Gasteiger partial charge in [-0.2, -0.15) is 0 Å². The lowest BCUT2D eigenvalue weighted by Gasteiger charge is -2.28. The lowest BCUT2D eigenvalue weighted by molar-refractivity contribution is -0.143. The minimum atomic E-state index is -1.35. The molecule has 0 saturated carbocycles. The standard InChI is InChI=1S/C21H27BrFN3O4S/c1-5-30-18(27)12-26-13-24-17(19(22)20(26)28)11-10-16(25-31(29)21(2,3)4)14-6-8-15(23)9-7-14/h6-9,13,16,25H,5,10-12H2,1-4H3/t16-,31+/m0/s1. The minimum absolute atomic E-state index is 0.219. The summed E-state index contributed by atoms with van der Waals surface area (Å²) >= 11 is 1.93. The molecule has 0 aliphatic carbocycles. The summed E-state index contributed by atoms with van der Waals surface area (Å²) in [7, 11) is 0. The molecule has 1 N–H and O–H groups in total. The normalized spacial score (nSPS) is 13.6. The van der Waals surface area contributed by atoms with Crippen molar-refractivity contribution in [2.75, 3.05) is 6.61 Å². The molecule has 2 rings (SSSR count). The summed E-state index contributed by atoms with van der Waals surface area (Å²) in [6.07, 6.45) is 2.18. The van der Waals surface area contributed by atoms with E-state index in [9.17, 15) is 18.5 Å². The Bertz CT molecular complexity index is 947. The molecule has 0 aliphatic heterocycles. The molecule has 0 bridgehead atoms. The first-order chi connectivity index (χ1) is 14.5. The first kappa shape index (κ1) is 25.5. The zero-order valence-electron chi connectivity index (χ0n) is 18.0. The molecule has 0 spiro atoms. The summed E-state index contributed by atoms with van der Waals surface area (Å²) in [6.45, 7) is 7.28. The lowest BCUT2D eigenvalue weighted by atomic mass is 10.0. The molecule has 2 aromatic rings. The van der Waals surface area contributed by atoms with Gasteiger partial charge in [0.2, 0.25) is 0 Å². The summed E-state index contributed by atoms with van der Waals surface area (Å²) in [5.74, 6) is -0.870. The van der Waals surface area contributed by atoms with Gasteiger partial charge in [0.1, 0.15) is 21.6 Å². The van der Waals surface area contributed by atoms with Gasteiger partial charge in [0.05, 0.1) is 24.7 Å². The Kier molecular flexibility index (Phi) is 9.23. The third-order valence-electron chi connectivity index (χ3n) is 4.41. The van der Waals surface area contributed by atoms with Crippen LogP contribution >= 0.6 is 15.9 Å². The number of carbonyl (C=O) groups excluding carboxylic acids is 1. The number of aromatic nitrogens is 2. The third kappa shape index (κ3) is 7.41. The van der Waals surface area contributed by atoms with Gasteiger partial charge in [0.25, 0.3) is 5.56 Å². The summed E-state index contributed by atoms with van der Waals surface area (Å²) in [6, 6.07) is 5.67. The van der Waals surface area contributed by atoms with E-state index in [4.69, 9.17) is 4.74 Å². The Balaban J connectivity index is 2.20. The Morgan fingerprint density at radius 1 is 1.35 bits per heavy atom. The average Bonchev–Trinajstić information content (AvgIpc) is 2.70. The molecule has 0 fully saturated rings. The maximum Gasteiger partial charge on any atom is 0.326 e. The van der Waals surface area contributed by atoms with E-state index >= 15 is 0 Å². The van der Waals surface area contributed by atoms with Crippen LogP contribution in [0.1, 0.15) is 51.4 Å². The van der Waals surface area contributed by atoms with Crippen LogP contribution in [0.4, 0.5) is 4.39 Å². The molecule has 170 valence electrons. The topological polar surface area (TPSA) is 96.3 Å². The van der Waals surface area contributed by atoms with E-state index < -0.39 is 22.1 Å². The molecule has 7 nitrogen and oxygen atoms in total. The SMILES string of the molecule is CCOC(=O)Cn1cnc(CC[C@H](N[S@+]([O-])C(C)(C)C)c2ccc(F)cc2)c(Br)c1=O. The molecular weight excluding hydrogens is 489 g/mol. The van der Waals surface area contributed by atoms with Gasteiger partial charge in [-0.15, -0.1) is 4.72 Å². The maximum absolute atomic E-state index is 13.4. The van der Waals surface area contributed by atoms with Crippen LogP contribution < -0.4 is 10.3 Å². The Morgan fingerprint density at radius 3 is 2.58 bits per heavy atom. The predicted molar refractivity (Wildman–Crippen MR) is 121 cm³/mol. The van der Waals surface area contributed by atoms with Gasteiger partial charge in [-0.3, -0.25) is 14.2 Å². The number of halogens is 2. The van der Waals surface area contributed by atoms with E-state index in [2.05, 4.69) is 25.6 Å². The highest BCUT2D eigenvalue weighted by Gasteiger charge is 2.30. The zero-order valence-corrected chi connectivity index (χ0v) is 20.4. The second-order valence-electron chi connectivity index (χ2n) is 7.89. The smallest absolute Gasteiger partial charge is 0.326 e. The molecule has 1 aromatic heterocycles. The molecule has 2 atom stereocenters. The van der Waals surface area contributed by atoms with E-state index in [0.29, 0.717) is 18.5 Å². The van der Waals surface area contributed by atoms with Crippen molar-refractivity contribution in [3.63, 3.8) is 0 Å². The number of ether oxygens (including phenoxy) is 1. The van der Waals surface area contributed by atoms with E-state index in [1.54, 1.807) is 19.1 Å². The van der Waals surface area contributed by atoms with Crippen LogP contribution in [-0.2, 0) is 33.9 Å². The number of benzene rings is 1. The van der Waals surface area contributed by atoms with Crippen LogP contribution in [0.15, 0.2) is 39.9 Å². The number of rotatable bonds is 9. The van der Waals surface area contributed by atoms with Crippen molar-refractivity contribution in [2.45, 2.75) is 57.9 Å². The van der Waals surface area contributed by atoms with Crippen LogP contribution in [0.5, 0.6) is 0 Å². The van der Waals surface area contributed by atoms with Gasteiger partial charge in [0.15, 0.2) is 0 Å². The molecular formula is C21H27BrFN3O4S. The summed E-state index contributed by atoms with van der Waals surface area (Å²) in [5, 5.41) is 0. The zero-order chi connectivity index (χ0) is 23.2. The number of hydrogen-bond donors (Lipinski definition) is 1. The average molecular weight is 516 g/mol. The van der Waals surface area contributed by atoms with E-state index in [1.807, 2.05) is 20.8 Å². The van der Waals surface area contributed by atoms with Gasteiger partial charge in [-0.1, -0.05) is 12.1 Å². The number of hydrogen-bond acceptors (Lipinski definition) is 6. The van der Waals surface area contributed by atoms with Crippen molar-refractivity contribution < 1.29 is 18.5 Å². The van der Waals surface area contributed by atoms with Gasteiger partial charge < -0.3 is 9.29 Å². The van der Waals surface area contributed by atoms with Crippen molar-refractivity contribution in [2.24, 2.45) is 0 Å². The fourth-order valence-corrected chi connectivity index (χ4v) is 4.10. The molecule has 0 amide bonds. The van der Waals surface area contributed by atoms with Gasteiger partial charge in [-0.25, -0.2) is 9.37 Å². The van der Waals surface area contributed by atoms with Gasteiger partial charge in [0, 0.05) is 11.4 Å². The maximum atomic E-state index is 13.4. The van der Waals surface area contributed by atoms with Gasteiger partial charge in [-0.05, 0) is 74.2 Å². The Hall–Kier alpha value is -1.75. The van der Waals surface area contributed by atoms with Crippen LogP contribution in [-0.4, -0.2) is 31.4 Å². The fraction of sp³-hybridized carbons (Fsp3) is 0.476.